The number of hydrogen-bond acceptors (Lipinski definition) is 5. The first kappa shape index (κ1) is 18.8. The molecule has 1 N–H and O–H groups in total. The molecule has 0 aliphatic carbocycles. The molecule has 0 heterocycles. The third-order valence-corrected chi connectivity index (χ3v) is 2.62. The van der Waals surface area contributed by atoms with Gasteiger partial charge < -0.3 is 19.5 Å². The minimum absolute atomic E-state index is 0.106. The first-order chi connectivity index (χ1) is 10.8. The van der Waals surface area contributed by atoms with E-state index in [0.29, 0.717) is 6.61 Å². The molecule has 1 aromatic carbocycles. The highest BCUT2D eigenvalue weighted by molar-refractivity contribution is 5.72. The van der Waals surface area contributed by atoms with Crippen LogP contribution in [0.5, 0.6) is 5.75 Å². The topological polar surface area (TPSA) is 73.9 Å². The van der Waals surface area contributed by atoms with Gasteiger partial charge in [0.25, 0.3) is 0 Å². The summed E-state index contributed by atoms with van der Waals surface area (Å²) in [7, 11) is 0. The highest BCUT2D eigenvalue weighted by Gasteiger charge is 2.15. The Kier molecular flexibility index (Phi) is 7.38. The van der Waals surface area contributed by atoms with E-state index in [0.717, 1.165) is 11.3 Å². The molecule has 0 atom stereocenters. The molecular weight excluding hydrogens is 298 g/mol. The molecule has 6 heteroatoms. The van der Waals surface area contributed by atoms with Crippen molar-refractivity contribution in [2.75, 3.05) is 19.8 Å². The number of hydrogen-bond donors (Lipinski definition) is 1. The first-order valence-corrected chi connectivity index (χ1v) is 7.64. The lowest BCUT2D eigenvalue weighted by Gasteiger charge is -2.19. The fourth-order valence-electron chi connectivity index (χ4n) is 1.72. The van der Waals surface area contributed by atoms with Crippen LogP contribution >= 0.6 is 0 Å². The standard InChI is InChI=1S/C17H25NO5/c1-5-21-14-8-6-13(7-9-14)12-15(19)22-11-10-18-16(20)23-17(2,3)4/h6-9H,5,10-12H2,1-4H3,(H,18,20). The molecule has 0 fully saturated rings. The van der Waals surface area contributed by atoms with Crippen LogP contribution in [0, 0.1) is 0 Å². The molecule has 6 nitrogen and oxygen atoms in total. The Labute approximate surface area is 137 Å². The highest BCUT2D eigenvalue weighted by Crippen LogP contribution is 2.12. The lowest BCUT2D eigenvalue weighted by Crippen LogP contribution is -2.34. The third kappa shape index (κ3) is 8.70. The van der Waals surface area contributed by atoms with Crippen molar-refractivity contribution in [2.24, 2.45) is 0 Å². The van der Waals surface area contributed by atoms with Crippen LogP contribution in [-0.2, 0) is 20.7 Å². The number of carbonyl (C=O) groups excluding carboxylic acids is 2. The minimum Gasteiger partial charge on any atom is -0.494 e. The molecule has 0 bridgehead atoms. The monoisotopic (exact) mass is 323 g/mol. The number of carbonyl (C=O) groups is 2. The van der Waals surface area contributed by atoms with Gasteiger partial charge in [-0.2, -0.15) is 0 Å². The molecule has 0 unspecified atom stereocenters. The van der Waals surface area contributed by atoms with Crippen molar-refractivity contribution < 1.29 is 23.8 Å². The van der Waals surface area contributed by atoms with Gasteiger partial charge in [0, 0.05) is 0 Å². The number of ether oxygens (including phenoxy) is 3. The number of esters is 1. The van der Waals surface area contributed by atoms with E-state index in [-0.39, 0.29) is 25.5 Å². The maximum Gasteiger partial charge on any atom is 0.407 e. The Hall–Kier alpha value is -2.24. The Morgan fingerprint density at radius 1 is 1.13 bits per heavy atom. The summed E-state index contributed by atoms with van der Waals surface area (Å²) in [5.74, 6) is 0.423. The summed E-state index contributed by atoms with van der Waals surface area (Å²) in [6, 6.07) is 7.28. The summed E-state index contributed by atoms with van der Waals surface area (Å²) >= 11 is 0. The molecule has 0 saturated heterocycles. The normalized spacial score (nSPS) is 10.8. The van der Waals surface area contributed by atoms with Crippen molar-refractivity contribution in [3.63, 3.8) is 0 Å². The third-order valence-electron chi connectivity index (χ3n) is 2.62. The van der Waals surface area contributed by atoms with E-state index < -0.39 is 11.7 Å². The van der Waals surface area contributed by atoms with Crippen molar-refractivity contribution in [1.29, 1.82) is 0 Å². The zero-order valence-electron chi connectivity index (χ0n) is 14.2. The summed E-state index contributed by atoms with van der Waals surface area (Å²) < 4.78 is 15.5. The second kappa shape index (κ2) is 9.02. The van der Waals surface area contributed by atoms with Crippen LogP contribution in [0.25, 0.3) is 0 Å². The van der Waals surface area contributed by atoms with Gasteiger partial charge in [-0.25, -0.2) is 4.79 Å². The molecule has 1 rings (SSSR count). The number of nitrogens with one attached hydrogen (secondary N) is 1. The number of amides is 1. The van der Waals surface area contributed by atoms with Crippen molar-refractivity contribution in [1.82, 2.24) is 5.32 Å². The lowest BCUT2D eigenvalue weighted by atomic mass is 10.1. The van der Waals surface area contributed by atoms with E-state index in [2.05, 4.69) is 5.32 Å². The summed E-state index contributed by atoms with van der Waals surface area (Å²) in [5.41, 5.74) is 0.299. The second-order valence-electron chi connectivity index (χ2n) is 5.90. The van der Waals surface area contributed by atoms with Crippen molar-refractivity contribution in [3.05, 3.63) is 29.8 Å². The summed E-state index contributed by atoms with van der Waals surface area (Å²) in [6.07, 6.45) is -0.348. The molecular formula is C17H25NO5. The SMILES string of the molecule is CCOc1ccc(CC(=O)OCCNC(=O)OC(C)(C)C)cc1. The molecule has 1 amide bonds. The predicted molar refractivity (Wildman–Crippen MR) is 86.5 cm³/mol. The Bertz CT molecular complexity index is 505. The van der Waals surface area contributed by atoms with Gasteiger partial charge in [0.05, 0.1) is 19.6 Å². The molecule has 0 saturated carbocycles. The maximum absolute atomic E-state index is 11.7. The largest absolute Gasteiger partial charge is 0.494 e. The molecule has 1 aromatic rings. The van der Waals surface area contributed by atoms with E-state index in [1.807, 2.05) is 31.2 Å². The van der Waals surface area contributed by atoms with E-state index >= 15 is 0 Å². The smallest absolute Gasteiger partial charge is 0.407 e. The van der Waals surface area contributed by atoms with Gasteiger partial charge >= 0.3 is 12.1 Å². The fraction of sp³-hybridized carbons (Fsp3) is 0.529. The summed E-state index contributed by atoms with van der Waals surface area (Å²) in [4.78, 5) is 23.1. The van der Waals surface area contributed by atoms with Crippen LogP contribution in [0.3, 0.4) is 0 Å². The maximum atomic E-state index is 11.7. The Morgan fingerprint density at radius 2 is 1.78 bits per heavy atom. The first-order valence-electron chi connectivity index (χ1n) is 7.64. The summed E-state index contributed by atoms with van der Waals surface area (Å²) in [6.45, 7) is 8.18. The van der Waals surface area contributed by atoms with E-state index in [1.165, 1.54) is 0 Å². The number of benzene rings is 1. The van der Waals surface area contributed by atoms with Crippen LogP contribution in [0.4, 0.5) is 4.79 Å². The van der Waals surface area contributed by atoms with Crippen LogP contribution in [0.15, 0.2) is 24.3 Å². The van der Waals surface area contributed by atoms with Crippen LogP contribution < -0.4 is 10.1 Å². The molecule has 0 aromatic heterocycles. The van der Waals surface area contributed by atoms with Crippen molar-refractivity contribution in [3.8, 4) is 5.75 Å². The van der Waals surface area contributed by atoms with E-state index in [9.17, 15) is 9.59 Å². The summed E-state index contributed by atoms with van der Waals surface area (Å²) in [5, 5.41) is 2.53. The van der Waals surface area contributed by atoms with Gasteiger partial charge in [0.1, 0.15) is 18.0 Å². The average Bonchev–Trinajstić information content (AvgIpc) is 2.44. The zero-order valence-corrected chi connectivity index (χ0v) is 14.2. The van der Waals surface area contributed by atoms with Gasteiger partial charge in [-0.3, -0.25) is 4.79 Å². The minimum atomic E-state index is -0.547. The van der Waals surface area contributed by atoms with Gasteiger partial charge in [0.2, 0.25) is 0 Å². The van der Waals surface area contributed by atoms with E-state index in [4.69, 9.17) is 14.2 Å². The van der Waals surface area contributed by atoms with Gasteiger partial charge in [-0.1, -0.05) is 12.1 Å². The fourth-order valence-corrected chi connectivity index (χ4v) is 1.72. The van der Waals surface area contributed by atoms with Gasteiger partial charge in [0.15, 0.2) is 0 Å². The van der Waals surface area contributed by atoms with Gasteiger partial charge in [-0.15, -0.1) is 0 Å². The van der Waals surface area contributed by atoms with Crippen molar-refractivity contribution >= 4 is 12.1 Å². The van der Waals surface area contributed by atoms with Crippen molar-refractivity contribution in [2.45, 2.75) is 39.7 Å². The molecule has 0 aliphatic rings. The number of alkyl carbamates (subject to hydrolysis) is 1. The van der Waals surface area contributed by atoms with Crippen LogP contribution in [0.2, 0.25) is 0 Å². The zero-order chi connectivity index (χ0) is 17.3. The molecule has 0 radical (unpaired) electrons. The Balaban J connectivity index is 2.23. The second-order valence-corrected chi connectivity index (χ2v) is 5.90. The number of rotatable bonds is 7. The molecule has 0 spiro atoms. The molecule has 0 aliphatic heterocycles. The average molecular weight is 323 g/mol. The van der Waals surface area contributed by atoms with Crippen LogP contribution in [-0.4, -0.2) is 37.4 Å². The quantitative estimate of drug-likeness (QED) is 0.617. The van der Waals surface area contributed by atoms with E-state index in [1.54, 1.807) is 20.8 Å². The van der Waals surface area contributed by atoms with Gasteiger partial charge in [-0.05, 0) is 45.4 Å². The highest BCUT2D eigenvalue weighted by atomic mass is 16.6. The lowest BCUT2D eigenvalue weighted by molar-refractivity contribution is -0.142. The predicted octanol–water partition coefficient (Wildman–Crippen LogP) is 2.70. The molecule has 23 heavy (non-hydrogen) atoms. The van der Waals surface area contributed by atoms with Crippen LogP contribution in [0.1, 0.15) is 33.3 Å². The Morgan fingerprint density at radius 3 is 2.35 bits per heavy atom. The molecule has 128 valence electrons.